The van der Waals surface area contributed by atoms with Crippen molar-refractivity contribution in [3.05, 3.63) is 47.8 Å². The second-order valence-corrected chi connectivity index (χ2v) is 5.27. The van der Waals surface area contributed by atoms with Crippen LogP contribution in [0.5, 0.6) is 0 Å². The minimum absolute atomic E-state index is 0.116. The molecule has 2 heterocycles. The first-order chi connectivity index (χ1) is 9.63. The molecular formula is C15H18N4O. The van der Waals surface area contributed by atoms with Crippen LogP contribution in [0.25, 0.3) is 0 Å². The zero-order chi connectivity index (χ0) is 14.1. The summed E-state index contributed by atoms with van der Waals surface area (Å²) >= 11 is 0. The van der Waals surface area contributed by atoms with Crippen LogP contribution in [0.1, 0.15) is 11.1 Å². The smallest absolute Gasteiger partial charge is 0.245 e. The number of benzene rings is 1. The van der Waals surface area contributed by atoms with E-state index in [4.69, 9.17) is 0 Å². The van der Waals surface area contributed by atoms with Crippen molar-refractivity contribution in [2.45, 2.75) is 19.0 Å². The molecule has 1 aliphatic heterocycles. The van der Waals surface area contributed by atoms with Crippen molar-refractivity contribution < 1.29 is 4.79 Å². The normalized spacial score (nSPS) is 16.6. The third kappa shape index (κ3) is 2.39. The molecule has 1 N–H and O–H groups in total. The van der Waals surface area contributed by atoms with Gasteiger partial charge in [0.1, 0.15) is 6.04 Å². The number of aryl methyl sites for hydroxylation is 1. The van der Waals surface area contributed by atoms with Gasteiger partial charge >= 0.3 is 0 Å². The van der Waals surface area contributed by atoms with E-state index < -0.39 is 0 Å². The lowest BCUT2D eigenvalue weighted by Crippen LogP contribution is -2.39. The zero-order valence-corrected chi connectivity index (χ0v) is 11.7. The summed E-state index contributed by atoms with van der Waals surface area (Å²) in [5.41, 5.74) is 3.32. The van der Waals surface area contributed by atoms with Crippen molar-refractivity contribution in [1.29, 1.82) is 0 Å². The minimum atomic E-state index is -0.158. The molecule has 2 aromatic rings. The van der Waals surface area contributed by atoms with Gasteiger partial charge in [-0.2, -0.15) is 5.10 Å². The highest BCUT2D eigenvalue weighted by atomic mass is 16.2. The van der Waals surface area contributed by atoms with E-state index in [0.717, 1.165) is 17.7 Å². The molecule has 1 aliphatic rings. The predicted molar refractivity (Wildman–Crippen MR) is 77.2 cm³/mol. The van der Waals surface area contributed by atoms with Crippen LogP contribution in [0.4, 0.5) is 5.69 Å². The predicted octanol–water partition coefficient (Wildman–Crippen LogP) is 1.42. The Kier molecular flexibility index (Phi) is 3.18. The maximum atomic E-state index is 12.5. The Morgan fingerprint density at radius 3 is 3.00 bits per heavy atom. The van der Waals surface area contributed by atoms with Gasteiger partial charge in [-0.15, -0.1) is 0 Å². The monoisotopic (exact) mass is 270 g/mol. The summed E-state index contributed by atoms with van der Waals surface area (Å²) < 4.78 is 1.75. The molecule has 0 bridgehead atoms. The van der Waals surface area contributed by atoms with Gasteiger partial charge in [0, 0.05) is 44.5 Å². The van der Waals surface area contributed by atoms with Gasteiger partial charge in [-0.25, -0.2) is 0 Å². The topological polar surface area (TPSA) is 50.2 Å². The Labute approximate surface area is 118 Å². The first kappa shape index (κ1) is 12.7. The lowest BCUT2D eigenvalue weighted by Gasteiger charge is -2.20. The summed E-state index contributed by atoms with van der Waals surface area (Å²) in [5.74, 6) is 0.116. The van der Waals surface area contributed by atoms with Gasteiger partial charge in [-0.3, -0.25) is 9.48 Å². The maximum Gasteiger partial charge on any atom is 0.245 e. The molecular weight excluding hydrogens is 252 g/mol. The fourth-order valence-electron chi connectivity index (χ4n) is 2.62. The van der Waals surface area contributed by atoms with E-state index in [1.54, 1.807) is 15.8 Å². The average Bonchev–Trinajstić information content (AvgIpc) is 3.03. The third-order valence-electron chi connectivity index (χ3n) is 3.62. The van der Waals surface area contributed by atoms with E-state index in [2.05, 4.69) is 16.5 Å². The fourth-order valence-corrected chi connectivity index (χ4v) is 2.62. The Morgan fingerprint density at radius 2 is 2.30 bits per heavy atom. The highest BCUT2D eigenvalue weighted by Crippen LogP contribution is 2.26. The Hall–Kier alpha value is -2.30. The van der Waals surface area contributed by atoms with Crippen molar-refractivity contribution in [2.24, 2.45) is 7.05 Å². The molecule has 0 fully saturated rings. The maximum absolute atomic E-state index is 12.5. The summed E-state index contributed by atoms with van der Waals surface area (Å²) in [5, 5.41) is 7.42. The number of hydrogen-bond acceptors (Lipinski definition) is 3. The molecule has 1 aromatic carbocycles. The van der Waals surface area contributed by atoms with Gasteiger partial charge in [0.15, 0.2) is 0 Å². The molecule has 0 saturated carbocycles. The summed E-state index contributed by atoms with van der Waals surface area (Å²) in [6.07, 6.45) is 4.48. The summed E-state index contributed by atoms with van der Waals surface area (Å²) in [7, 11) is 3.71. The van der Waals surface area contributed by atoms with Crippen molar-refractivity contribution >= 4 is 11.6 Å². The van der Waals surface area contributed by atoms with Gasteiger partial charge < -0.3 is 10.2 Å². The molecule has 0 aliphatic carbocycles. The standard InChI is InChI=1S/C15H18N4O/c1-18(9-11-8-16-19(2)10-11)15(20)14-7-12-5-3-4-6-13(12)17-14/h3-6,8,10,14,17H,7,9H2,1-2H3/t14-/m0/s1. The number of amides is 1. The van der Waals surface area contributed by atoms with E-state index in [9.17, 15) is 4.79 Å². The highest BCUT2D eigenvalue weighted by Gasteiger charge is 2.28. The van der Waals surface area contributed by atoms with Crippen LogP contribution in [0.2, 0.25) is 0 Å². The summed E-state index contributed by atoms with van der Waals surface area (Å²) in [6.45, 7) is 0.585. The Balaban J connectivity index is 1.65. The number of fused-ring (bicyclic) bond motifs is 1. The molecule has 0 unspecified atom stereocenters. The number of anilines is 1. The molecule has 3 rings (SSSR count). The van der Waals surface area contributed by atoms with E-state index in [1.807, 2.05) is 38.5 Å². The second-order valence-electron chi connectivity index (χ2n) is 5.27. The van der Waals surface area contributed by atoms with Crippen LogP contribution in [-0.4, -0.2) is 33.7 Å². The number of hydrogen-bond donors (Lipinski definition) is 1. The Morgan fingerprint density at radius 1 is 1.50 bits per heavy atom. The van der Waals surface area contributed by atoms with Crippen molar-refractivity contribution in [2.75, 3.05) is 12.4 Å². The van der Waals surface area contributed by atoms with E-state index in [0.29, 0.717) is 6.54 Å². The highest BCUT2D eigenvalue weighted by molar-refractivity contribution is 5.87. The molecule has 0 spiro atoms. The molecule has 5 heteroatoms. The lowest BCUT2D eigenvalue weighted by atomic mass is 10.1. The average molecular weight is 270 g/mol. The largest absolute Gasteiger partial charge is 0.373 e. The number of aromatic nitrogens is 2. The Bertz CT molecular complexity index is 609. The van der Waals surface area contributed by atoms with Crippen molar-refractivity contribution in [3.8, 4) is 0 Å². The zero-order valence-electron chi connectivity index (χ0n) is 11.7. The van der Waals surface area contributed by atoms with Gasteiger partial charge in [-0.05, 0) is 11.6 Å². The number of para-hydroxylation sites is 1. The molecule has 104 valence electrons. The summed E-state index contributed by atoms with van der Waals surface area (Å²) in [4.78, 5) is 14.2. The fraction of sp³-hybridized carbons (Fsp3) is 0.333. The van der Waals surface area contributed by atoms with Crippen LogP contribution in [0.3, 0.4) is 0 Å². The first-order valence-corrected chi connectivity index (χ1v) is 6.70. The molecule has 1 atom stereocenters. The molecule has 0 saturated heterocycles. The molecule has 5 nitrogen and oxygen atoms in total. The van der Waals surface area contributed by atoms with Crippen molar-refractivity contribution in [1.82, 2.24) is 14.7 Å². The first-order valence-electron chi connectivity index (χ1n) is 6.70. The van der Waals surface area contributed by atoms with Crippen LogP contribution in [0, 0.1) is 0 Å². The minimum Gasteiger partial charge on any atom is -0.373 e. The van der Waals surface area contributed by atoms with Gasteiger partial charge in [0.2, 0.25) is 5.91 Å². The van der Waals surface area contributed by atoms with Crippen molar-refractivity contribution in [3.63, 3.8) is 0 Å². The van der Waals surface area contributed by atoms with Crippen LogP contribution < -0.4 is 5.32 Å². The number of nitrogens with one attached hydrogen (secondary N) is 1. The number of carbonyl (C=O) groups excluding carboxylic acids is 1. The quantitative estimate of drug-likeness (QED) is 0.917. The third-order valence-corrected chi connectivity index (χ3v) is 3.62. The van der Waals surface area contributed by atoms with E-state index >= 15 is 0 Å². The molecule has 20 heavy (non-hydrogen) atoms. The number of nitrogens with zero attached hydrogens (tertiary/aromatic N) is 3. The van der Waals surface area contributed by atoms with Crippen LogP contribution in [0.15, 0.2) is 36.7 Å². The number of rotatable bonds is 3. The summed E-state index contributed by atoms with van der Waals surface area (Å²) in [6, 6.07) is 7.92. The molecule has 1 aromatic heterocycles. The van der Waals surface area contributed by atoms with Gasteiger partial charge in [-0.1, -0.05) is 18.2 Å². The molecule has 0 radical (unpaired) electrons. The van der Waals surface area contributed by atoms with Crippen LogP contribution >= 0.6 is 0 Å². The second kappa shape index (κ2) is 5.00. The van der Waals surface area contributed by atoms with Gasteiger partial charge in [0.25, 0.3) is 0 Å². The van der Waals surface area contributed by atoms with Gasteiger partial charge in [0.05, 0.1) is 6.20 Å². The number of likely N-dealkylation sites (N-methyl/N-ethyl adjacent to an activating group) is 1. The van der Waals surface area contributed by atoms with Crippen LogP contribution in [-0.2, 0) is 24.8 Å². The van der Waals surface area contributed by atoms with E-state index in [-0.39, 0.29) is 11.9 Å². The van der Waals surface area contributed by atoms with E-state index in [1.165, 1.54) is 5.56 Å². The SMILES string of the molecule is CN(Cc1cnn(C)c1)C(=O)[C@@H]1Cc2ccccc2N1. The lowest BCUT2D eigenvalue weighted by molar-refractivity contribution is -0.131. The number of carbonyl (C=O) groups is 1. The molecule has 1 amide bonds.